The quantitative estimate of drug-likeness (QED) is 0.431. The van der Waals surface area contributed by atoms with Gasteiger partial charge in [-0.15, -0.1) is 0 Å². The number of hydrogen-bond acceptors (Lipinski definition) is 6. The van der Waals surface area contributed by atoms with Crippen molar-refractivity contribution in [2.24, 2.45) is 0 Å². The number of anilines is 1. The monoisotopic (exact) mass is 479 g/mol. The number of hydrogen-bond donors (Lipinski definition) is 3. The molecule has 0 bridgehead atoms. The first-order chi connectivity index (χ1) is 16.9. The van der Waals surface area contributed by atoms with Gasteiger partial charge in [-0.2, -0.15) is 0 Å². The molecule has 1 aliphatic rings. The Morgan fingerprint density at radius 2 is 1.57 bits per heavy atom. The molecule has 0 aliphatic carbocycles. The van der Waals surface area contributed by atoms with Gasteiger partial charge in [0.2, 0.25) is 11.8 Å². The fourth-order valence-electron chi connectivity index (χ4n) is 3.86. The summed E-state index contributed by atoms with van der Waals surface area (Å²) in [4.78, 5) is 53.1. The smallest absolute Gasteiger partial charge is 0.251 e. The lowest BCUT2D eigenvalue weighted by molar-refractivity contribution is -0.129. The molecule has 186 valence electrons. The van der Waals surface area contributed by atoms with Crippen LogP contribution in [0.3, 0.4) is 0 Å². The molecule has 1 aliphatic heterocycles. The van der Waals surface area contributed by atoms with Crippen LogP contribution < -0.4 is 20.9 Å². The van der Waals surface area contributed by atoms with Crippen LogP contribution in [-0.2, 0) is 20.8 Å². The van der Waals surface area contributed by atoms with Crippen LogP contribution in [0.1, 0.15) is 22.8 Å². The molecule has 3 N–H and O–H groups in total. The molecule has 3 amide bonds. The number of benzene rings is 2. The second-order valence-electron chi connectivity index (χ2n) is 8.70. The zero-order valence-electron chi connectivity index (χ0n) is 20.2. The van der Waals surface area contributed by atoms with Crippen LogP contribution in [0, 0.1) is 0 Å². The third kappa shape index (κ3) is 7.65. The van der Waals surface area contributed by atoms with Gasteiger partial charge < -0.3 is 30.5 Å². The Kier molecular flexibility index (Phi) is 9.37. The highest BCUT2D eigenvalue weighted by atomic mass is 16.2. The molecule has 0 unspecified atom stereocenters. The molecule has 0 aromatic heterocycles. The Bertz CT molecular complexity index is 1000. The minimum Gasteiger partial charge on any atom is -0.369 e. The Labute approximate surface area is 205 Å². The fourth-order valence-corrected chi connectivity index (χ4v) is 3.86. The molecule has 0 radical (unpaired) electrons. The average Bonchev–Trinajstić information content (AvgIpc) is 2.88. The lowest BCUT2D eigenvalue weighted by Gasteiger charge is -2.34. The van der Waals surface area contributed by atoms with Gasteiger partial charge in [0.15, 0.2) is 0 Å². The second kappa shape index (κ2) is 12.7. The standard InChI is InChI=1S/C26H33N5O4/c1-19(24(33)27-12-17-32)28-26(35)23(18-20-6-4-3-5-7-20)29-25(34)21-8-10-22(11-9-21)31-15-13-30(2)14-16-31/h3-11,17,19,23H,12-16,18H2,1-2H3,(H,27,33)(H,28,35)(H,29,34)/t19-,23+/m0/s1. The molecule has 2 aromatic rings. The van der Waals surface area contributed by atoms with E-state index in [1.807, 2.05) is 42.5 Å². The van der Waals surface area contributed by atoms with Gasteiger partial charge in [0.1, 0.15) is 18.4 Å². The number of nitrogens with one attached hydrogen (secondary N) is 3. The van der Waals surface area contributed by atoms with Crippen molar-refractivity contribution in [3.63, 3.8) is 0 Å². The molecule has 9 heteroatoms. The summed E-state index contributed by atoms with van der Waals surface area (Å²) in [6, 6.07) is 15.0. The van der Waals surface area contributed by atoms with E-state index in [2.05, 4.69) is 32.8 Å². The predicted molar refractivity (Wildman–Crippen MR) is 134 cm³/mol. The molecule has 3 rings (SSSR count). The summed E-state index contributed by atoms with van der Waals surface area (Å²) in [5.74, 6) is -1.33. The van der Waals surface area contributed by atoms with E-state index in [0.29, 0.717) is 11.8 Å². The van der Waals surface area contributed by atoms with Crippen LogP contribution in [0.25, 0.3) is 0 Å². The number of likely N-dealkylation sites (N-methyl/N-ethyl adjacent to an activating group) is 1. The van der Waals surface area contributed by atoms with E-state index >= 15 is 0 Å². The lowest BCUT2D eigenvalue weighted by Crippen LogP contribution is -2.53. The van der Waals surface area contributed by atoms with Gasteiger partial charge in [-0.25, -0.2) is 0 Å². The Morgan fingerprint density at radius 1 is 0.914 bits per heavy atom. The van der Waals surface area contributed by atoms with Crippen molar-refractivity contribution in [3.05, 3.63) is 65.7 Å². The first kappa shape index (κ1) is 25.9. The topological polar surface area (TPSA) is 111 Å². The zero-order chi connectivity index (χ0) is 25.2. The van der Waals surface area contributed by atoms with Crippen molar-refractivity contribution in [2.45, 2.75) is 25.4 Å². The summed E-state index contributed by atoms with van der Waals surface area (Å²) in [6.07, 6.45) is 0.834. The van der Waals surface area contributed by atoms with E-state index in [1.165, 1.54) is 6.92 Å². The largest absolute Gasteiger partial charge is 0.369 e. The Hall–Kier alpha value is -3.72. The summed E-state index contributed by atoms with van der Waals surface area (Å²) in [5.41, 5.74) is 2.38. The number of piperazine rings is 1. The van der Waals surface area contributed by atoms with E-state index in [1.54, 1.807) is 12.1 Å². The van der Waals surface area contributed by atoms with Gasteiger partial charge in [0.25, 0.3) is 5.91 Å². The van der Waals surface area contributed by atoms with Crippen molar-refractivity contribution in [1.29, 1.82) is 0 Å². The molecule has 0 spiro atoms. The van der Waals surface area contributed by atoms with E-state index in [9.17, 15) is 19.2 Å². The first-order valence-corrected chi connectivity index (χ1v) is 11.8. The molecule has 1 fully saturated rings. The lowest BCUT2D eigenvalue weighted by atomic mass is 10.0. The van der Waals surface area contributed by atoms with Crippen molar-refractivity contribution in [2.75, 3.05) is 44.7 Å². The molecular formula is C26H33N5O4. The second-order valence-corrected chi connectivity index (χ2v) is 8.70. The number of carbonyl (C=O) groups excluding carboxylic acids is 4. The number of carbonyl (C=O) groups is 4. The van der Waals surface area contributed by atoms with E-state index < -0.39 is 23.9 Å². The van der Waals surface area contributed by atoms with Gasteiger partial charge in [-0.05, 0) is 43.8 Å². The van der Waals surface area contributed by atoms with Crippen LogP contribution in [0.2, 0.25) is 0 Å². The normalized spacial score (nSPS) is 15.5. The number of nitrogens with zero attached hydrogens (tertiary/aromatic N) is 2. The maximum Gasteiger partial charge on any atom is 0.251 e. The Morgan fingerprint density at radius 3 is 2.20 bits per heavy atom. The predicted octanol–water partition coefficient (Wildman–Crippen LogP) is 0.599. The maximum atomic E-state index is 13.0. The summed E-state index contributed by atoms with van der Waals surface area (Å²) in [6.45, 7) is 5.23. The first-order valence-electron chi connectivity index (χ1n) is 11.8. The summed E-state index contributed by atoms with van der Waals surface area (Å²) in [5, 5.41) is 7.86. The molecule has 1 heterocycles. The van der Waals surface area contributed by atoms with Gasteiger partial charge in [-0.3, -0.25) is 14.4 Å². The maximum absolute atomic E-state index is 13.0. The van der Waals surface area contributed by atoms with Crippen molar-refractivity contribution in [3.8, 4) is 0 Å². The zero-order valence-corrected chi connectivity index (χ0v) is 20.2. The van der Waals surface area contributed by atoms with Crippen LogP contribution in [0.15, 0.2) is 54.6 Å². The van der Waals surface area contributed by atoms with Crippen molar-refractivity contribution in [1.82, 2.24) is 20.9 Å². The van der Waals surface area contributed by atoms with Gasteiger partial charge in [-0.1, -0.05) is 30.3 Å². The van der Waals surface area contributed by atoms with Gasteiger partial charge in [0, 0.05) is 43.9 Å². The number of amides is 3. The van der Waals surface area contributed by atoms with Gasteiger partial charge >= 0.3 is 0 Å². The van der Waals surface area contributed by atoms with Crippen LogP contribution in [-0.4, -0.2) is 80.8 Å². The van der Waals surface area contributed by atoms with E-state index in [-0.39, 0.29) is 18.9 Å². The number of rotatable bonds is 10. The average molecular weight is 480 g/mol. The van der Waals surface area contributed by atoms with E-state index in [0.717, 1.165) is 37.4 Å². The highest BCUT2D eigenvalue weighted by Gasteiger charge is 2.25. The molecule has 35 heavy (non-hydrogen) atoms. The summed E-state index contributed by atoms with van der Waals surface area (Å²) in [7, 11) is 2.10. The van der Waals surface area contributed by atoms with Crippen molar-refractivity contribution < 1.29 is 19.2 Å². The Balaban J connectivity index is 1.68. The van der Waals surface area contributed by atoms with Crippen LogP contribution in [0.4, 0.5) is 5.69 Å². The van der Waals surface area contributed by atoms with Crippen molar-refractivity contribution >= 4 is 29.7 Å². The highest BCUT2D eigenvalue weighted by Crippen LogP contribution is 2.17. The molecule has 2 atom stereocenters. The van der Waals surface area contributed by atoms with E-state index in [4.69, 9.17) is 0 Å². The van der Waals surface area contributed by atoms with Gasteiger partial charge in [0.05, 0.1) is 6.54 Å². The fraction of sp³-hybridized carbons (Fsp3) is 0.385. The third-order valence-corrected chi connectivity index (χ3v) is 6.01. The third-order valence-electron chi connectivity index (χ3n) is 6.01. The molecule has 9 nitrogen and oxygen atoms in total. The summed E-state index contributed by atoms with van der Waals surface area (Å²) < 4.78 is 0. The SMILES string of the molecule is C[C@H](NC(=O)[C@@H](Cc1ccccc1)NC(=O)c1ccc(N2CCN(C)CC2)cc1)C(=O)NCC=O. The summed E-state index contributed by atoms with van der Waals surface area (Å²) >= 11 is 0. The molecule has 0 saturated carbocycles. The number of aldehydes is 1. The highest BCUT2D eigenvalue weighted by molar-refractivity contribution is 5.98. The molecule has 2 aromatic carbocycles. The van der Waals surface area contributed by atoms with Crippen LogP contribution in [0.5, 0.6) is 0 Å². The van der Waals surface area contributed by atoms with Crippen LogP contribution >= 0.6 is 0 Å². The molecular weight excluding hydrogens is 446 g/mol. The molecule has 1 saturated heterocycles. The minimum absolute atomic E-state index is 0.132. The minimum atomic E-state index is -0.886.